The van der Waals surface area contributed by atoms with Crippen molar-refractivity contribution in [2.45, 2.75) is 51.7 Å². The Morgan fingerprint density at radius 3 is 3.07 bits per heavy atom. The van der Waals surface area contributed by atoms with Crippen molar-refractivity contribution >= 4 is 0 Å². The van der Waals surface area contributed by atoms with Crippen LogP contribution in [0.25, 0.3) is 0 Å². The molecule has 1 saturated carbocycles. The van der Waals surface area contributed by atoms with Crippen LogP contribution >= 0.6 is 0 Å². The van der Waals surface area contributed by atoms with Crippen molar-refractivity contribution in [1.29, 1.82) is 0 Å². The molecule has 1 atom stereocenters. The third-order valence-electron chi connectivity index (χ3n) is 2.85. The quantitative estimate of drug-likeness (QED) is 0.770. The first kappa shape index (κ1) is 10.6. The predicted octanol–water partition coefficient (Wildman–Crippen LogP) is 1.39. The molecule has 0 aliphatic heterocycles. The molecule has 1 aliphatic carbocycles. The van der Waals surface area contributed by atoms with Crippen molar-refractivity contribution in [2.24, 2.45) is 5.92 Å². The Labute approximate surface area is 90.3 Å². The van der Waals surface area contributed by atoms with Gasteiger partial charge in [-0.2, -0.15) is 5.10 Å². The van der Waals surface area contributed by atoms with Gasteiger partial charge in [0, 0.05) is 13.0 Å². The first-order valence-corrected chi connectivity index (χ1v) is 5.84. The average molecular weight is 209 g/mol. The number of hydrogen-bond donors (Lipinski definition) is 1. The summed E-state index contributed by atoms with van der Waals surface area (Å²) in [5, 5.41) is 14.0. The number of hydrogen-bond acceptors (Lipinski definition) is 3. The lowest BCUT2D eigenvalue weighted by atomic mass is 10.1. The number of aliphatic hydroxyl groups excluding tert-OH is 1. The molecule has 4 nitrogen and oxygen atoms in total. The fourth-order valence-electron chi connectivity index (χ4n) is 1.88. The predicted molar refractivity (Wildman–Crippen MR) is 57.4 cm³/mol. The van der Waals surface area contributed by atoms with E-state index < -0.39 is 0 Å². The van der Waals surface area contributed by atoms with Crippen LogP contribution in [0.4, 0.5) is 0 Å². The molecular weight excluding hydrogens is 190 g/mol. The Morgan fingerprint density at radius 2 is 2.40 bits per heavy atom. The fourth-order valence-corrected chi connectivity index (χ4v) is 1.88. The van der Waals surface area contributed by atoms with Gasteiger partial charge in [0.1, 0.15) is 12.2 Å². The second-order valence-corrected chi connectivity index (χ2v) is 4.44. The highest BCUT2D eigenvalue weighted by atomic mass is 16.3. The molecule has 0 radical (unpaired) electrons. The molecule has 0 spiro atoms. The van der Waals surface area contributed by atoms with E-state index in [0.29, 0.717) is 6.42 Å². The lowest BCUT2D eigenvalue weighted by molar-refractivity contribution is 0.154. The molecule has 1 N–H and O–H groups in total. The number of nitrogens with zero attached hydrogens (tertiary/aromatic N) is 3. The minimum Gasteiger partial charge on any atom is -0.393 e. The number of rotatable bonds is 6. The van der Waals surface area contributed by atoms with E-state index in [1.54, 1.807) is 6.33 Å². The molecule has 1 aliphatic rings. The number of aryl methyl sites for hydroxylation is 1. The average Bonchev–Trinajstić information content (AvgIpc) is 2.90. The topological polar surface area (TPSA) is 50.9 Å². The smallest absolute Gasteiger partial charge is 0.138 e. The molecule has 1 fully saturated rings. The first-order chi connectivity index (χ1) is 7.29. The normalized spacial score (nSPS) is 18.0. The van der Waals surface area contributed by atoms with Crippen LogP contribution in [0.3, 0.4) is 0 Å². The second kappa shape index (κ2) is 4.75. The SMILES string of the molecule is CCCn1ncnc1CC(O)CC1CC1. The Morgan fingerprint density at radius 1 is 1.60 bits per heavy atom. The van der Waals surface area contributed by atoms with Gasteiger partial charge in [-0.25, -0.2) is 4.98 Å². The monoisotopic (exact) mass is 209 g/mol. The Kier molecular flexibility index (Phi) is 3.36. The Bertz CT molecular complexity index is 307. The molecule has 2 rings (SSSR count). The zero-order valence-electron chi connectivity index (χ0n) is 9.26. The summed E-state index contributed by atoms with van der Waals surface area (Å²) in [7, 11) is 0. The van der Waals surface area contributed by atoms with Gasteiger partial charge in [0.05, 0.1) is 6.10 Å². The van der Waals surface area contributed by atoms with Gasteiger partial charge in [0.25, 0.3) is 0 Å². The maximum atomic E-state index is 9.84. The Hall–Kier alpha value is -0.900. The van der Waals surface area contributed by atoms with Gasteiger partial charge in [-0.15, -0.1) is 0 Å². The molecule has 84 valence electrons. The molecule has 0 bridgehead atoms. The van der Waals surface area contributed by atoms with Gasteiger partial charge in [-0.1, -0.05) is 19.8 Å². The minimum atomic E-state index is -0.239. The van der Waals surface area contributed by atoms with Gasteiger partial charge in [-0.3, -0.25) is 4.68 Å². The standard InChI is InChI=1S/C11H19N3O/c1-2-5-14-11(12-8-13-14)7-10(15)6-9-3-4-9/h8-10,15H,2-7H2,1H3. The van der Waals surface area contributed by atoms with E-state index in [2.05, 4.69) is 17.0 Å². The van der Waals surface area contributed by atoms with E-state index in [-0.39, 0.29) is 6.10 Å². The zero-order valence-corrected chi connectivity index (χ0v) is 9.26. The largest absolute Gasteiger partial charge is 0.393 e. The summed E-state index contributed by atoms with van der Waals surface area (Å²) in [6.45, 7) is 3.01. The van der Waals surface area contributed by atoms with Gasteiger partial charge in [0.2, 0.25) is 0 Å². The van der Waals surface area contributed by atoms with Crippen LogP contribution < -0.4 is 0 Å². The van der Waals surface area contributed by atoms with Crippen LogP contribution in [0.2, 0.25) is 0 Å². The summed E-state index contributed by atoms with van der Waals surface area (Å²) in [5.74, 6) is 1.69. The van der Waals surface area contributed by atoms with Crippen LogP contribution in [0.5, 0.6) is 0 Å². The van der Waals surface area contributed by atoms with E-state index in [4.69, 9.17) is 0 Å². The van der Waals surface area contributed by atoms with Gasteiger partial charge in [0.15, 0.2) is 0 Å². The maximum absolute atomic E-state index is 9.84. The summed E-state index contributed by atoms with van der Waals surface area (Å²) in [5.41, 5.74) is 0. The molecular formula is C11H19N3O. The molecule has 1 aromatic rings. The maximum Gasteiger partial charge on any atom is 0.138 e. The van der Waals surface area contributed by atoms with Crippen LogP contribution in [-0.4, -0.2) is 26.0 Å². The summed E-state index contributed by atoms with van der Waals surface area (Å²) in [6, 6.07) is 0. The van der Waals surface area contributed by atoms with E-state index in [0.717, 1.165) is 31.1 Å². The van der Waals surface area contributed by atoms with Crippen molar-refractivity contribution in [1.82, 2.24) is 14.8 Å². The third-order valence-corrected chi connectivity index (χ3v) is 2.85. The second-order valence-electron chi connectivity index (χ2n) is 4.44. The highest BCUT2D eigenvalue weighted by Crippen LogP contribution is 2.33. The summed E-state index contributed by atoms with van der Waals surface area (Å²) in [4.78, 5) is 4.19. The molecule has 0 saturated heterocycles. The summed E-state index contributed by atoms with van der Waals surface area (Å²) >= 11 is 0. The summed E-state index contributed by atoms with van der Waals surface area (Å²) < 4.78 is 1.90. The lowest BCUT2D eigenvalue weighted by Crippen LogP contribution is -2.16. The zero-order chi connectivity index (χ0) is 10.7. The molecule has 15 heavy (non-hydrogen) atoms. The van der Waals surface area contributed by atoms with Crippen molar-refractivity contribution < 1.29 is 5.11 Å². The first-order valence-electron chi connectivity index (χ1n) is 5.84. The molecule has 0 amide bonds. The highest BCUT2D eigenvalue weighted by molar-refractivity contribution is 4.89. The molecule has 1 aromatic heterocycles. The van der Waals surface area contributed by atoms with Crippen LogP contribution in [0, 0.1) is 5.92 Å². The van der Waals surface area contributed by atoms with E-state index >= 15 is 0 Å². The third kappa shape index (κ3) is 3.02. The van der Waals surface area contributed by atoms with Crippen molar-refractivity contribution in [3.63, 3.8) is 0 Å². The van der Waals surface area contributed by atoms with Crippen LogP contribution in [0.1, 0.15) is 38.4 Å². The van der Waals surface area contributed by atoms with E-state index in [1.165, 1.54) is 12.8 Å². The van der Waals surface area contributed by atoms with E-state index in [1.807, 2.05) is 4.68 Å². The Balaban J connectivity index is 1.87. The van der Waals surface area contributed by atoms with Gasteiger partial charge in [-0.05, 0) is 18.8 Å². The van der Waals surface area contributed by atoms with Crippen molar-refractivity contribution in [3.05, 3.63) is 12.2 Å². The molecule has 1 unspecified atom stereocenters. The van der Waals surface area contributed by atoms with Gasteiger partial charge >= 0.3 is 0 Å². The molecule has 1 heterocycles. The molecule has 0 aromatic carbocycles. The number of aliphatic hydroxyl groups is 1. The lowest BCUT2D eigenvalue weighted by Gasteiger charge is -2.10. The highest BCUT2D eigenvalue weighted by Gasteiger charge is 2.25. The van der Waals surface area contributed by atoms with E-state index in [9.17, 15) is 5.11 Å². The van der Waals surface area contributed by atoms with Crippen molar-refractivity contribution in [2.75, 3.05) is 0 Å². The fraction of sp³-hybridized carbons (Fsp3) is 0.818. The van der Waals surface area contributed by atoms with Crippen LogP contribution in [-0.2, 0) is 13.0 Å². The minimum absolute atomic E-state index is 0.239. The molecule has 4 heteroatoms. The van der Waals surface area contributed by atoms with Crippen LogP contribution in [0.15, 0.2) is 6.33 Å². The summed E-state index contributed by atoms with van der Waals surface area (Å²) in [6.07, 6.45) is 6.55. The number of aromatic nitrogens is 3. The van der Waals surface area contributed by atoms with Gasteiger partial charge < -0.3 is 5.11 Å². The van der Waals surface area contributed by atoms with Crippen molar-refractivity contribution in [3.8, 4) is 0 Å².